The van der Waals surface area contributed by atoms with Crippen molar-refractivity contribution in [3.63, 3.8) is 0 Å². The van der Waals surface area contributed by atoms with Gasteiger partial charge in [0.2, 0.25) is 5.82 Å². The monoisotopic (exact) mass is 212 g/mol. The summed E-state index contributed by atoms with van der Waals surface area (Å²) in [6.07, 6.45) is 1.09. The van der Waals surface area contributed by atoms with Crippen molar-refractivity contribution >= 4 is 5.91 Å². The van der Waals surface area contributed by atoms with E-state index in [9.17, 15) is 4.79 Å². The molecule has 0 aliphatic rings. The number of hydrogen-bond acceptors (Lipinski definition) is 4. The van der Waals surface area contributed by atoms with E-state index in [1.54, 1.807) is 13.8 Å². The number of nitrogens with one attached hydrogen (secondary N) is 2. The van der Waals surface area contributed by atoms with Gasteiger partial charge in [0.15, 0.2) is 0 Å². The van der Waals surface area contributed by atoms with Crippen molar-refractivity contribution in [3.05, 3.63) is 11.6 Å². The molecule has 1 aromatic heterocycles. The topological polar surface area (TPSA) is 90.9 Å². The van der Waals surface area contributed by atoms with E-state index < -0.39 is 0 Å². The minimum absolute atomic E-state index is 0.157. The fourth-order valence-electron chi connectivity index (χ4n) is 1.12. The fourth-order valence-corrected chi connectivity index (χ4v) is 1.12. The number of aliphatic hydroxyl groups is 1. The maximum atomic E-state index is 11.4. The third-order valence-corrected chi connectivity index (χ3v) is 1.88. The average molecular weight is 212 g/mol. The molecular formula is C9H16N4O2. The molecule has 6 heteroatoms. The lowest BCUT2D eigenvalue weighted by atomic mass is 10.2. The zero-order chi connectivity index (χ0) is 11.3. The summed E-state index contributed by atoms with van der Waals surface area (Å²) in [5.41, 5.74) is 0. The van der Waals surface area contributed by atoms with E-state index in [1.807, 2.05) is 0 Å². The number of nitrogens with zero attached hydrogens (tertiary/aromatic N) is 2. The van der Waals surface area contributed by atoms with E-state index in [4.69, 9.17) is 5.11 Å². The van der Waals surface area contributed by atoms with Crippen LogP contribution in [0, 0.1) is 6.92 Å². The van der Waals surface area contributed by atoms with Gasteiger partial charge in [-0.05, 0) is 26.7 Å². The molecule has 0 saturated heterocycles. The maximum Gasteiger partial charge on any atom is 0.290 e. The van der Waals surface area contributed by atoms with Gasteiger partial charge in [-0.25, -0.2) is 4.98 Å². The van der Waals surface area contributed by atoms with Gasteiger partial charge in [-0.3, -0.25) is 9.89 Å². The second kappa shape index (κ2) is 5.45. The molecule has 1 unspecified atom stereocenters. The molecule has 84 valence electrons. The Morgan fingerprint density at radius 1 is 1.67 bits per heavy atom. The molecule has 3 N–H and O–H groups in total. The first-order valence-corrected chi connectivity index (χ1v) is 4.95. The number of rotatable bonds is 5. The van der Waals surface area contributed by atoms with Crippen LogP contribution in [0.15, 0.2) is 0 Å². The molecule has 0 bridgehead atoms. The minimum Gasteiger partial charge on any atom is -0.393 e. The highest BCUT2D eigenvalue weighted by atomic mass is 16.3. The van der Waals surface area contributed by atoms with E-state index >= 15 is 0 Å². The third-order valence-electron chi connectivity index (χ3n) is 1.88. The number of aryl methyl sites for hydroxylation is 1. The van der Waals surface area contributed by atoms with E-state index in [0.717, 1.165) is 6.42 Å². The Morgan fingerprint density at radius 2 is 2.40 bits per heavy atom. The summed E-state index contributed by atoms with van der Waals surface area (Å²) in [6.45, 7) is 3.98. The van der Waals surface area contributed by atoms with E-state index in [0.29, 0.717) is 18.8 Å². The second-order valence-electron chi connectivity index (χ2n) is 3.49. The lowest BCUT2D eigenvalue weighted by molar-refractivity contribution is 0.0939. The van der Waals surface area contributed by atoms with Crippen LogP contribution in [-0.4, -0.2) is 38.8 Å². The third kappa shape index (κ3) is 4.07. The second-order valence-corrected chi connectivity index (χ2v) is 3.49. The summed E-state index contributed by atoms with van der Waals surface area (Å²) >= 11 is 0. The van der Waals surface area contributed by atoms with Crippen molar-refractivity contribution in [1.29, 1.82) is 0 Å². The Bertz CT molecular complexity index is 322. The summed E-state index contributed by atoms with van der Waals surface area (Å²) in [7, 11) is 0. The zero-order valence-corrected chi connectivity index (χ0v) is 8.95. The number of carbonyl (C=O) groups is 1. The van der Waals surface area contributed by atoms with E-state index in [2.05, 4.69) is 20.5 Å². The Balaban J connectivity index is 2.25. The number of hydrogen-bond donors (Lipinski definition) is 3. The van der Waals surface area contributed by atoms with Gasteiger partial charge >= 0.3 is 0 Å². The summed E-state index contributed by atoms with van der Waals surface area (Å²) in [4.78, 5) is 15.3. The predicted octanol–water partition coefficient (Wildman–Crippen LogP) is 0.00392. The molecular weight excluding hydrogens is 196 g/mol. The first-order chi connectivity index (χ1) is 7.09. The highest BCUT2D eigenvalue weighted by molar-refractivity contribution is 5.90. The molecule has 1 amide bonds. The van der Waals surface area contributed by atoms with Crippen LogP contribution in [0.3, 0.4) is 0 Å². The largest absolute Gasteiger partial charge is 0.393 e. The molecule has 0 fully saturated rings. The Morgan fingerprint density at radius 3 is 2.93 bits per heavy atom. The SMILES string of the molecule is Cc1nc(C(=O)NCCCC(C)O)n[nH]1. The van der Waals surface area contributed by atoms with Crippen LogP contribution in [0.4, 0.5) is 0 Å². The molecule has 1 rings (SSSR count). The molecule has 1 aromatic rings. The summed E-state index contributed by atoms with van der Waals surface area (Å²) in [6, 6.07) is 0. The van der Waals surface area contributed by atoms with Gasteiger partial charge in [-0.2, -0.15) is 0 Å². The van der Waals surface area contributed by atoms with Gasteiger partial charge in [0.25, 0.3) is 5.91 Å². The van der Waals surface area contributed by atoms with Crippen LogP contribution in [0.1, 0.15) is 36.2 Å². The van der Waals surface area contributed by atoms with Crippen molar-refractivity contribution in [1.82, 2.24) is 20.5 Å². The number of aromatic amines is 1. The summed E-state index contributed by atoms with van der Waals surface area (Å²) in [5.74, 6) is 0.485. The lowest BCUT2D eigenvalue weighted by Gasteiger charge is -2.04. The van der Waals surface area contributed by atoms with Crippen molar-refractivity contribution in [2.45, 2.75) is 32.8 Å². The first-order valence-electron chi connectivity index (χ1n) is 4.95. The number of carbonyl (C=O) groups excluding carboxylic acids is 1. The Labute approximate surface area is 88.1 Å². The van der Waals surface area contributed by atoms with E-state index in [1.165, 1.54) is 0 Å². The quantitative estimate of drug-likeness (QED) is 0.599. The molecule has 0 aromatic carbocycles. The van der Waals surface area contributed by atoms with Gasteiger partial charge in [0.05, 0.1) is 6.10 Å². The summed E-state index contributed by atoms with van der Waals surface area (Å²) < 4.78 is 0. The molecule has 6 nitrogen and oxygen atoms in total. The van der Waals surface area contributed by atoms with Crippen molar-refractivity contribution in [2.24, 2.45) is 0 Å². The molecule has 0 aliphatic heterocycles. The maximum absolute atomic E-state index is 11.4. The van der Waals surface area contributed by atoms with Gasteiger partial charge in [0, 0.05) is 6.54 Å². The molecule has 0 saturated carbocycles. The highest BCUT2D eigenvalue weighted by Gasteiger charge is 2.09. The van der Waals surface area contributed by atoms with Crippen LogP contribution in [0.5, 0.6) is 0 Å². The Hall–Kier alpha value is -1.43. The standard InChI is InChI=1S/C9H16N4O2/c1-6(14)4-3-5-10-9(15)8-11-7(2)12-13-8/h6,14H,3-5H2,1-2H3,(H,10,15)(H,11,12,13). The molecule has 0 radical (unpaired) electrons. The minimum atomic E-state index is -0.326. The van der Waals surface area contributed by atoms with Crippen molar-refractivity contribution in [2.75, 3.05) is 6.54 Å². The van der Waals surface area contributed by atoms with Crippen molar-refractivity contribution in [3.8, 4) is 0 Å². The van der Waals surface area contributed by atoms with Crippen LogP contribution >= 0.6 is 0 Å². The van der Waals surface area contributed by atoms with Crippen molar-refractivity contribution < 1.29 is 9.90 Å². The Kier molecular flexibility index (Phi) is 4.23. The van der Waals surface area contributed by atoms with Crippen LogP contribution < -0.4 is 5.32 Å². The molecule has 0 spiro atoms. The normalized spacial score (nSPS) is 12.5. The number of aromatic nitrogens is 3. The van der Waals surface area contributed by atoms with Gasteiger partial charge in [-0.15, -0.1) is 5.10 Å². The van der Waals surface area contributed by atoms with Gasteiger partial charge in [-0.1, -0.05) is 0 Å². The molecule has 0 aliphatic carbocycles. The number of H-pyrrole nitrogens is 1. The zero-order valence-electron chi connectivity index (χ0n) is 8.95. The van der Waals surface area contributed by atoms with E-state index in [-0.39, 0.29) is 17.8 Å². The molecule has 1 atom stereocenters. The fraction of sp³-hybridized carbons (Fsp3) is 0.667. The average Bonchev–Trinajstić information content (AvgIpc) is 2.59. The van der Waals surface area contributed by atoms with Gasteiger partial charge < -0.3 is 10.4 Å². The van der Waals surface area contributed by atoms with Gasteiger partial charge in [0.1, 0.15) is 5.82 Å². The number of amides is 1. The molecule has 15 heavy (non-hydrogen) atoms. The lowest BCUT2D eigenvalue weighted by Crippen LogP contribution is -2.26. The first kappa shape index (κ1) is 11.6. The van der Waals surface area contributed by atoms with Crippen LogP contribution in [0.2, 0.25) is 0 Å². The van der Waals surface area contributed by atoms with Crippen LogP contribution in [-0.2, 0) is 0 Å². The summed E-state index contributed by atoms with van der Waals surface area (Å²) in [5, 5.41) is 18.0. The highest BCUT2D eigenvalue weighted by Crippen LogP contribution is 1.95. The van der Waals surface area contributed by atoms with Crippen LogP contribution in [0.25, 0.3) is 0 Å². The number of aliphatic hydroxyl groups excluding tert-OH is 1. The predicted molar refractivity (Wildman–Crippen MR) is 54.4 cm³/mol. The molecule has 1 heterocycles. The smallest absolute Gasteiger partial charge is 0.290 e.